The molecule has 0 spiro atoms. The number of non-ortho nitro benzene ring substituents is 1. The molecule has 0 saturated carbocycles. The number of benzene rings is 2. The number of nitrogens with zero attached hydrogens (tertiary/aromatic N) is 4. The van der Waals surface area contributed by atoms with Gasteiger partial charge in [-0.3, -0.25) is 15.1 Å². The zero-order valence-corrected chi connectivity index (χ0v) is 16.1. The predicted molar refractivity (Wildman–Crippen MR) is 110 cm³/mol. The summed E-state index contributed by atoms with van der Waals surface area (Å²) >= 11 is 6.17. The van der Waals surface area contributed by atoms with Crippen LogP contribution in [-0.4, -0.2) is 26.8 Å². The Hall–Kier alpha value is -3.71. The third-order valence-electron chi connectivity index (χ3n) is 4.44. The summed E-state index contributed by atoms with van der Waals surface area (Å²) in [5, 5.41) is 16.4. The largest absolute Gasteiger partial charge is 0.495 e. The van der Waals surface area contributed by atoms with Gasteiger partial charge in [0.1, 0.15) is 11.4 Å². The molecule has 0 bridgehead atoms. The van der Waals surface area contributed by atoms with Crippen LogP contribution in [0.3, 0.4) is 0 Å². The van der Waals surface area contributed by atoms with Crippen molar-refractivity contribution >= 4 is 17.3 Å². The number of aromatic nitrogens is 3. The van der Waals surface area contributed by atoms with Crippen molar-refractivity contribution in [3.8, 4) is 33.8 Å². The van der Waals surface area contributed by atoms with Crippen molar-refractivity contribution in [3.63, 3.8) is 0 Å². The highest BCUT2D eigenvalue weighted by atomic mass is 35.5. The smallest absolute Gasteiger partial charge is 0.271 e. The molecule has 2 heterocycles. The van der Waals surface area contributed by atoms with E-state index in [0.717, 1.165) is 16.7 Å². The lowest BCUT2D eigenvalue weighted by Crippen LogP contribution is -1.96. The molecular weight excluding hydrogens is 392 g/mol. The first-order chi connectivity index (χ1) is 14.1. The number of rotatable bonds is 5. The average molecular weight is 407 g/mol. The van der Waals surface area contributed by atoms with E-state index in [2.05, 4.69) is 4.98 Å². The van der Waals surface area contributed by atoms with Crippen molar-refractivity contribution in [2.45, 2.75) is 0 Å². The van der Waals surface area contributed by atoms with Crippen LogP contribution in [0.25, 0.3) is 28.1 Å². The molecule has 4 rings (SSSR count). The second-order valence-corrected chi connectivity index (χ2v) is 6.61. The summed E-state index contributed by atoms with van der Waals surface area (Å²) in [4.78, 5) is 14.8. The Kier molecular flexibility index (Phi) is 4.97. The molecule has 8 heteroatoms. The van der Waals surface area contributed by atoms with Gasteiger partial charge >= 0.3 is 0 Å². The summed E-state index contributed by atoms with van der Waals surface area (Å²) in [6.07, 6.45) is 5.24. The molecule has 0 fully saturated rings. The molecular formula is C21H15ClN4O3. The first-order valence-electron chi connectivity index (χ1n) is 8.65. The van der Waals surface area contributed by atoms with Gasteiger partial charge in [-0.2, -0.15) is 5.10 Å². The van der Waals surface area contributed by atoms with Crippen molar-refractivity contribution in [2.24, 2.45) is 0 Å². The molecule has 0 aliphatic rings. The van der Waals surface area contributed by atoms with E-state index in [-0.39, 0.29) is 5.69 Å². The van der Waals surface area contributed by atoms with Gasteiger partial charge < -0.3 is 4.74 Å². The van der Waals surface area contributed by atoms with Crippen LogP contribution < -0.4 is 4.74 Å². The number of nitro groups is 1. The highest BCUT2D eigenvalue weighted by molar-refractivity contribution is 6.32. The third-order valence-corrected chi connectivity index (χ3v) is 4.75. The average Bonchev–Trinajstić information content (AvgIpc) is 3.20. The Balaban J connectivity index is 1.90. The zero-order chi connectivity index (χ0) is 20.4. The van der Waals surface area contributed by atoms with Crippen LogP contribution in [0.5, 0.6) is 5.75 Å². The first kappa shape index (κ1) is 18.6. The number of hydrogen-bond acceptors (Lipinski definition) is 5. The van der Waals surface area contributed by atoms with E-state index in [1.807, 2.05) is 30.5 Å². The van der Waals surface area contributed by atoms with Crippen molar-refractivity contribution < 1.29 is 9.66 Å². The fourth-order valence-electron chi connectivity index (χ4n) is 3.02. The molecule has 0 aliphatic heterocycles. The highest BCUT2D eigenvalue weighted by Gasteiger charge is 2.17. The van der Waals surface area contributed by atoms with Gasteiger partial charge in [-0.05, 0) is 35.9 Å². The molecule has 29 heavy (non-hydrogen) atoms. The van der Waals surface area contributed by atoms with Gasteiger partial charge in [0.2, 0.25) is 0 Å². The Morgan fingerprint density at radius 3 is 2.59 bits per heavy atom. The van der Waals surface area contributed by atoms with Crippen LogP contribution in [0.15, 0.2) is 73.2 Å². The topological polar surface area (TPSA) is 83.1 Å². The lowest BCUT2D eigenvalue weighted by atomic mass is 10.0. The molecule has 0 radical (unpaired) electrons. The maximum atomic E-state index is 11.1. The summed E-state index contributed by atoms with van der Waals surface area (Å²) in [7, 11) is 1.55. The minimum Gasteiger partial charge on any atom is -0.495 e. The van der Waals surface area contributed by atoms with E-state index >= 15 is 0 Å². The van der Waals surface area contributed by atoms with E-state index in [1.54, 1.807) is 42.4 Å². The van der Waals surface area contributed by atoms with Gasteiger partial charge in [0.05, 0.1) is 22.7 Å². The summed E-state index contributed by atoms with van der Waals surface area (Å²) in [5.41, 5.74) is 3.85. The molecule has 4 aromatic rings. The minimum absolute atomic E-state index is 0.00169. The minimum atomic E-state index is -0.429. The number of ether oxygens (including phenoxy) is 1. The van der Waals surface area contributed by atoms with Crippen molar-refractivity contribution in [2.75, 3.05) is 7.11 Å². The van der Waals surface area contributed by atoms with Crippen LogP contribution >= 0.6 is 11.6 Å². The van der Waals surface area contributed by atoms with E-state index in [9.17, 15) is 10.1 Å². The molecule has 0 N–H and O–H groups in total. The number of hydrogen-bond donors (Lipinski definition) is 0. The molecule has 7 nitrogen and oxygen atoms in total. The SMILES string of the molecule is COc1cc(-c2nn(-c3cccc([N+](=O)[O-])c3)cc2-c2ccncc2)ccc1Cl. The summed E-state index contributed by atoms with van der Waals surface area (Å²) < 4.78 is 6.96. The van der Waals surface area contributed by atoms with Gasteiger partial charge in [0.15, 0.2) is 0 Å². The summed E-state index contributed by atoms with van der Waals surface area (Å²) in [6, 6.07) is 15.5. The molecule has 144 valence electrons. The number of pyridine rings is 1. The molecule has 0 amide bonds. The van der Waals surface area contributed by atoms with E-state index < -0.39 is 4.92 Å². The molecule has 0 saturated heterocycles. The van der Waals surface area contributed by atoms with Crippen LogP contribution in [0.2, 0.25) is 5.02 Å². The quantitative estimate of drug-likeness (QED) is 0.337. The van der Waals surface area contributed by atoms with Gasteiger partial charge in [-0.1, -0.05) is 23.7 Å². The van der Waals surface area contributed by atoms with Crippen molar-refractivity contribution in [1.82, 2.24) is 14.8 Å². The Morgan fingerprint density at radius 1 is 1.07 bits per heavy atom. The maximum Gasteiger partial charge on any atom is 0.271 e. The Labute approximate surface area is 171 Å². The van der Waals surface area contributed by atoms with Gasteiger partial charge in [-0.15, -0.1) is 0 Å². The zero-order valence-electron chi connectivity index (χ0n) is 15.3. The highest BCUT2D eigenvalue weighted by Crippen LogP contribution is 2.36. The van der Waals surface area contributed by atoms with E-state index in [1.165, 1.54) is 12.1 Å². The molecule has 0 aliphatic carbocycles. The molecule has 0 unspecified atom stereocenters. The standard InChI is InChI=1S/C21H15ClN4O3/c1-29-20-11-15(5-6-19(20)22)21-18(14-7-9-23-10-8-14)13-25(24-21)16-3-2-4-17(12-16)26(27)28/h2-13H,1H3. The lowest BCUT2D eigenvalue weighted by molar-refractivity contribution is -0.384. The van der Waals surface area contributed by atoms with Gasteiger partial charge in [0, 0.05) is 41.9 Å². The first-order valence-corrected chi connectivity index (χ1v) is 9.03. The number of methoxy groups -OCH3 is 1. The number of nitro benzene ring substituents is 1. The van der Waals surface area contributed by atoms with E-state index in [4.69, 9.17) is 21.4 Å². The fourth-order valence-corrected chi connectivity index (χ4v) is 3.21. The lowest BCUT2D eigenvalue weighted by Gasteiger charge is -2.07. The second-order valence-electron chi connectivity index (χ2n) is 6.20. The van der Waals surface area contributed by atoms with Crippen LogP contribution in [0.1, 0.15) is 0 Å². The Morgan fingerprint density at radius 2 is 1.86 bits per heavy atom. The van der Waals surface area contributed by atoms with Gasteiger partial charge in [0.25, 0.3) is 5.69 Å². The Bertz CT molecular complexity index is 1190. The predicted octanol–water partition coefficient (Wildman–Crippen LogP) is 5.17. The second kappa shape index (κ2) is 7.73. The van der Waals surface area contributed by atoms with E-state index in [0.29, 0.717) is 22.2 Å². The number of halogens is 1. The van der Waals surface area contributed by atoms with Crippen molar-refractivity contribution in [1.29, 1.82) is 0 Å². The molecule has 2 aromatic carbocycles. The maximum absolute atomic E-state index is 11.1. The van der Waals surface area contributed by atoms with Crippen LogP contribution in [0.4, 0.5) is 5.69 Å². The van der Waals surface area contributed by atoms with Crippen molar-refractivity contribution in [3.05, 3.63) is 88.3 Å². The molecule has 0 atom stereocenters. The third kappa shape index (κ3) is 3.68. The van der Waals surface area contributed by atoms with Crippen LogP contribution in [0, 0.1) is 10.1 Å². The summed E-state index contributed by atoms with van der Waals surface area (Å²) in [5.74, 6) is 0.537. The normalized spacial score (nSPS) is 10.7. The van der Waals surface area contributed by atoms with Gasteiger partial charge in [-0.25, -0.2) is 4.68 Å². The fraction of sp³-hybridized carbons (Fsp3) is 0.0476. The molecule has 2 aromatic heterocycles. The summed E-state index contributed by atoms with van der Waals surface area (Å²) in [6.45, 7) is 0. The monoisotopic (exact) mass is 406 g/mol. The van der Waals surface area contributed by atoms with Crippen LogP contribution in [-0.2, 0) is 0 Å².